The van der Waals surface area contributed by atoms with E-state index in [1.807, 2.05) is 4.90 Å². The van der Waals surface area contributed by atoms with Crippen LogP contribution < -0.4 is 14.9 Å². The van der Waals surface area contributed by atoms with Crippen LogP contribution in [0.1, 0.15) is 37.6 Å². The lowest BCUT2D eigenvalue weighted by molar-refractivity contribution is 0.0981. The predicted molar refractivity (Wildman–Crippen MR) is 128 cm³/mol. The number of sulfonamides is 1. The Bertz CT molecular complexity index is 1310. The van der Waals surface area contributed by atoms with E-state index in [-0.39, 0.29) is 27.8 Å². The minimum atomic E-state index is -4.27. The number of aromatic nitrogens is 2. The van der Waals surface area contributed by atoms with Crippen molar-refractivity contribution in [3.05, 3.63) is 72.2 Å². The Morgan fingerprint density at radius 1 is 1.12 bits per heavy atom. The van der Waals surface area contributed by atoms with Gasteiger partial charge >= 0.3 is 0 Å². The third-order valence-electron chi connectivity index (χ3n) is 5.70. The van der Waals surface area contributed by atoms with Crippen molar-refractivity contribution in [3.8, 4) is 0 Å². The first-order valence-electron chi connectivity index (χ1n) is 10.8. The molecular weight excluding hydrogens is 457 g/mol. The molecule has 34 heavy (non-hydrogen) atoms. The van der Waals surface area contributed by atoms with Gasteiger partial charge in [-0.25, -0.2) is 19.1 Å². The van der Waals surface area contributed by atoms with Crippen LogP contribution in [0.2, 0.25) is 0 Å². The molecule has 0 radical (unpaired) electrons. The van der Waals surface area contributed by atoms with Gasteiger partial charge in [0.05, 0.1) is 5.56 Å². The van der Waals surface area contributed by atoms with Gasteiger partial charge in [0.2, 0.25) is 0 Å². The van der Waals surface area contributed by atoms with E-state index in [1.54, 1.807) is 24.4 Å². The molecule has 8 nitrogen and oxygen atoms in total. The Balaban J connectivity index is 1.57. The van der Waals surface area contributed by atoms with Crippen LogP contribution in [0.5, 0.6) is 0 Å². The second-order valence-corrected chi connectivity index (χ2v) is 10.7. The molecular formula is C24H26FN5O3S. The van der Waals surface area contributed by atoms with Crippen molar-refractivity contribution in [1.82, 2.24) is 14.7 Å². The molecule has 0 aliphatic carbocycles. The standard InChI is InChI=1S/C24H26FN5O3S/c1-16-14-24(2,3)30(15-16)22-19(6-5-13-26-22)23(31)29-34(32,33)21-8-4-7-20(28-21)27-18-11-9-17(25)10-12-18/h4-13,16H,14-15H2,1-3H3,(H,27,28)(H,29,31). The van der Waals surface area contributed by atoms with Crippen LogP contribution in [0.4, 0.5) is 21.7 Å². The second-order valence-electron chi connectivity index (χ2n) is 9.03. The van der Waals surface area contributed by atoms with Crippen LogP contribution >= 0.6 is 0 Å². The maximum Gasteiger partial charge on any atom is 0.281 e. The Morgan fingerprint density at radius 3 is 2.53 bits per heavy atom. The van der Waals surface area contributed by atoms with Gasteiger partial charge < -0.3 is 10.2 Å². The van der Waals surface area contributed by atoms with Crippen molar-refractivity contribution >= 4 is 33.3 Å². The van der Waals surface area contributed by atoms with E-state index in [0.717, 1.165) is 13.0 Å². The Labute approximate surface area is 198 Å². The van der Waals surface area contributed by atoms with Crippen LogP contribution in [-0.2, 0) is 10.0 Å². The minimum absolute atomic E-state index is 0.175. The van der Waals surface area contributed by atoms with E-state index in [2.05, 4.69) is 40.8 Å². The average Bonchev–Trinajstić information content (AvgIpc) is 3.07. The molecule has 2 aromatic heterocycles. The molecule has 1 unspecified atom stereocenters. The zero-order chi connectivity index (χ0) is 24.5. The van der Waals surface area contributed by atoms with Crippen molar-refractivity contribution in [2.45, 2.75) is 37.8 Å². The van der Waals surface area contributed by atoms with E-state index in [0.29, 0.717) is 17.4 Å². The molecule has 0 saturated carbocycles. The van der Waals surface area contributed by atoms with Crippen molar-refractivity contribution in [1.29, 1.82) is 0 Å². The number of halogens is 1. The van der Waals surface area contributed by atoms with Crippen LogP contribution in [-0.4, -0.2) is 36.4 Å². The molecule has 2 N–H and O–H groups in total. The van der Waals surface area contributed by atoms with Gasteiger partial charge in [0.1, 0.15) is 17.5 Å². The average molecular weight is 484 g/mol. The lowest BCUT2D eigenvalue weighted by atomic mass is 9.97. The van der Waals surface area contributed by atoms with Crippen molar-refractivity contribution in [2.24, 2.45) is 5.92 Å². The summed E-state index contributed by atoms with van der Waals surface area (Å²) in [7, 11) is -4.27. The third kappa shape index (κ3) is 5.01. The van der Waals surface area contributed by atoms with Crippen LogP contribution in [0.3, 0.4) is 0 Å². The normalized spacial score (nSPS) is 17.4. The van der Waals surface area contributed by atoms with Crippen LogP contribution in [0.15, 0.2) is 65.8 Å². The van der Waals surface area contributed by atoms with Crippen molar-refractivity contribution < 1.29 is 17.6 Å². The minimum Gasteiger partial charge on any atom is -0.351 e. The number of carbonyl (C=O) groups excluding carboxylic acids is 1. The molecule has 1 aliphatic heterocycles. The number of anilines is 3. The summed E-state index contributed by atoms with van der Waals surface area (Å²) in [6.45, 7) is 7.00. The molecule has 0 bridgehead atoms. The Morgan fingerprint density at radius 2 is 1.85 bits per heavy atom. The second kappa shape index (κ2) is 9.02. The summed E-state index contributed by atoms with van der Waals surface area (Å²) in [5.41, 5.74) is 0.493. The monoisotopic (exact) mass is 483 g/mol. The molecule has 1 aliphatic rings. The fourth-order valence-electron chi connectivity index (χ4n) is 4.29. The topological polar surface area (TPSA) is 104 Å². The molecule has 10 heteroatoms. The van der Waals surface area contributed by atoms with Gasteiger partial charge in [-0.1, -0.05) is 13.0 Å². The Kier molecular flexibility index (Phi) is 6.26. The number of hydrogen-bond donors (Lipinski definition) is 2. The van der Waals surface area contributed by atoms with E-state index in [4.69, 9.17) is 0 Å². The van der Waals surface area contributed by atoms with Gasteiger partial charge in [-0.3, -0.25) is 4.79 Å². The summed E-state index contributed by atoms with van der Waals surface area (Å²) in [6, 6.07) is 13.1. The Hall–Kier alpha value is -3.53. The number of nitrogens with zero attached hydrogens (tertiary/aromatic N) is 3. The summed E-state index contributed by atoms with van der Waals surface area (Å²) >= 11 is 0. The summed E-state index contributed by atoms with van der Waals surface area (Å²) in [5, 5.41) is 2.59. The summed E-state index contributed by atoms with van der Waals surface area (Å²) < 4.78 is 41.2. The maximum absolute atomic E-state index is 13.1. The van der Waals surface area contributed by atoms with E-state index >= 15 is 0 Å². The number of carbonyl (C=O) groups is 1. The molecule has 4 rings (SSSR count). The molecule has 3 heterocycles. The number of amides is 1. The first kappa shape index (κ1) is 23.6. The van der Waals surface area contributed by atoms with Crippen molar-refractivity contribution in [3.63, 3.8) is 0 Å². The smallest absolute Gasteiger partial charge is 0.281 e. The van der Waals surface area contributed by atoms with Gasteiger partial charge in [0, 0.05) is 24.0 Å². The summed E-state index contributed by atoms with van der Waals surface area (Å²) in [4.78, 5) is 23.6. The molecule has 1 atom stereocenters. The SMILES string of the molecule is CC1CN(c2ncccc2C(=O)NS(=O)(=O)c2cccc(Nc3ccc(F)cc3)n2)C(C)(C)C1. The number of rotatable bonds is 6. The molecule has 1 fully saturated rings. The van der Waals surface area contributed by atoms with Crippen LogP contribution in [0.25, 0.3) is 0 Å². The van der Waals surface area contributed by atoms with Gasteiger partial charge in [-0.05, 0) is 74.7 Å². The largest absolute Gasteiger partial charge is 0.351 e. The quantitative estimate of drug-likeness (QED) is 0.544. The van der Waals surface area contributed by atoms with E-state index < -0.39 is 15.9 Å². The molecule has 1 aromatic carbocycles. The highest BCUT2D eigenvalue weighted by atomic mass is 32.2. The summed E-state index contributed by atoms with van der Waals surface area (Å²) in [6.07, 6.45) is 2.52. The number of benzene rings is 1. The molecule has 3 aromatic rings. The van der Waals surface area contributed by atoms with Gasteiger partial charge in [0.15, 0.2) is 5.03 Å². The fourth-order valence-corrected chi connectivity index (χ4v) is 5.23. The lowest BCUT2D eigenvalue weighted by Crippen LogP contribution is -2.41. The lowest BCUT2D eigenvalue weighted by Gasteiger charge is -2.33. The zero-order valence-corrected chi connectivity index (χ0v) is 19.9. The number of hydrogen-bond acceptors (Lipinski definition) is 7. The van der Waals surface area contributed by atoms with Gasteiger partial charge in [0.25, 0.3) is 15.9 Å². The first-order chi connectivity index (χ1) is 16.0. The number of nitrogens with one attached hydrogen (secondary N) is 2. The molecule has 1 saturated heterocycles. The van der Waals surface area contributed by atoms with E-state index in [9.17, 15) is 17.6 Å². The zero-order valence-electron chi connectivity index (χ0n) is 19.1. The third-order valence-corrected chi connectivity index (χ3v) is 6.93. The molecule has 178 valence electrons. The maximum atomic E-state index is 13.1. The molecule has 0 spiro atoms. The van der Waals surface area contributed by atoms with Gasteiger partial charge in [-0.15, -0.1) is 0 Å². The summed E-state index contributed by atoms with van der Waals surface area (Å²) in [5.74, 6) is -0.0746. The number of pyridine rings is 2. The van der Waals surface area contributed by atoms with E-state index in [1.165, 1.54) is 36.4 Å². The predicted octanol–water partition coefficient (Wildman–Crippen LogP) is 4.10. The highest BCUT2D eigenvalue weighted by Gasteiger charge is 2.39. The van der Waals surface area contributed by atoms with Gasteiger partial charge in [-0.2, -0.15) is 8.42 Å². The van der Waals surface area contributed by atoms with Crippen molar-refractivity contribution in [2.75, 3.05) is 16.8 Å². The highest BCUT2D eigenvalue weighted by Crippen LogP contribution is 2.37. The van der Waals surface area contributed by atoms with Crippen LogP contribution in [0, 0.1) is 11.7 Å². The molecule has 1 amide bonds. The highest BCUT2D eigenvalue weighted by molar-refractivity contribution is 7.90. The first-order valence-corrected chi connectivity index (χ1v) is 12.3. The fraction of sp³-hybridized carbons (Fsp3) is 0.292.